The molecule has 1 rings (SSSR count). The Labute approximate surface area is 143 Å². The molecular weight excluding hydrogens is 330 g/mol. The van der Waals surface area contributed by atoms with Gasteiger partial charge in [-0.3, -0.25) is 4.79 Å². The van der Waals surface area contributed by atoms with Crippen LogP contribution in [0.3, 0.4) is 0 Å². The van der Waals surface area contributed by atoms with E-state index in [0.29, 0.717) is 13.0 Å². The van der Waals surface area contributed by atoms with Crippen LogP contribution in [0.2, 0.25) is 0 Å². The molecule has 6 nitrogen and oxygen atoms in total. The van der Waals surface area contributed by atoms with Gasteiger partial charge in [-0.05, 0) is 38.0 Å². The van der Waals surface area contributed by atoms with Gasteiger partial charge in [0.15, 0.2) is 9.84 Å². The van der Waals surface area contributed by atoms with E-state index in [4.69, 9.17) is 5.11 Å². The molecule has 0 saturated heterocycles. The summed E-state index contributed by atoms with van der Waals surface area (Å²) in [5.41, 5.74) is 1.08. The van der Waals surface area contributed by atoms with Gasteiger partial charge in [0.25, 0.3) is 0 Å². The summed E-state index contributed by atoms with van der Waals surface area (Å²) in [5.74, 6) is -1.05. The van der Waals surface area contributed by atoms with Crippen LogP contribution < -0.4 is 0 Å². The summed E-state index contributed by atoms with van der Waals surface area (Å²) in [7, 11) is -3.14. The van der Waals surface area contributed by atoms with Crippen LogP contribution in [0, 0.1) is 0 Å². The van der Waals surface area contributed by atoms with Gasteiger partial charge in [0.1, 0.15) is 0 Å². The second-order valence-electron chi connectivity index (χ2n) is 5.73. The topological polar surface area (TPSA) is 91.8 Å². The highest BCUT2D eigenvalue weighted by Crippen LogP contribution is 2.11. The first-order valence-corrected chi connectivity index (χ1v) is 9.84. The Kier molecular flexibility index (Phi) is 7.41. The predicted molar refractivity (Wildman–Crippen MR) is 92.9 cm³/mol. The van der Waals surface area contributed by atoms with Crippen molar-refractivity contribution in [2.24, 2.45) is 0 Å². The fraction of sp³-hybridized carbons (Fsp3) is 0.529. The number of carbonyl (C=O) groups excluding carboxylic acids is 1. The third-order valence-corrected chi connectivity index (χ3v) is 5.83. The highest BCUT2D eigenvalue weighted by atomic mass is 32.2. The number of carboxylic acid groups (broad SMARTS) is 1. The number of sulfone groups is 1. The van der Waals surface area contributed by atoms with E-state index < -0.39 is 15.8 Å². The van der Waals surface area contributed by atoms with Crippen LogP contribution in [0.15, 0.2) is 24.3 Å². The van der Waals surface area contributed by atoms with E-state index in [-0.39, 0.29) is 35.4 Å². The van der Waals surface area contributed by atoms with E-state index in [1.54, 1.807) is 30.9 Å². The number of benzene rings is 1. The van der Waals surface area contributed by atoms with E-state index in [1.807, 2.05) is 6.92 Å². The Bertz CT molecular complexity index is 667. The van der Waals surface area contributed by atoms with Crippen LogP contribution in [0.4, 0.5) is 0 Å². The Morgan fingerprint density at radius 2 is 1.75 bits per heavy atom. The van der Waals surface area contributed by atoms with Crippen LogP contribution in [0.1, 0.15) is 43.1 Å². The summed E-state index contributed by atoms with van der Waals surface area (Å²) in [6, 6.07) is 6.05. The van der Waals surface area contributed by atoms with Gasteiger partial charge in [0.05, 0.1) is 11.3 Å². The highest BCUT2D eigenvalue weighted by molar-refractivity contribution is 7.91. The Hall–Kier alpha value is -1.89. The van der Waals surface area contributed by atoms with Crippen molar-refractivity contribution in [3.63, 3.8) is 0 Å². The first kappa shape index (κ1) is 20.2. The standard InChI is InChI=1S/C17H25NO5S/c1-4-18(13(3)12-24(22,23)5-2)16(19)11-8-14-6-9-15(10-7-14)17(20)21/h6-7,9-10,13H,4-5,8,11-12H2,1-3H3,(H,20,21). The summed E-state index contributed by atoms with van der Waals surface area (Å²) < 4.78 is 23.5. The Morgan fingerprint density at radius 3 is 2.21 bits per heavy atom. The Morgan fingerprint density at radius 1 is 1.17 bits per heavy atom. The molecule has 1 amide bonds. The average Bonchev–Trinajstić information content (AvgIpc) is 2.53. The van der Waals surface area contributed by atoms with E-state index >= 15 is 0 Å². The fourth-order valence-corrected chi connectivity index (χ4v) is 3.67. The van der Waals surface area contributed by atoms with E-state index in [1.165, 1.54) is 12.1 Å². The molecule has 1 atom stereocenters. The van der Waals surface area contributed by atoms with Crippen LogP contribution in [-0.4, -0.2) is 54.4 Å². The number of aryl methyl sites for hydroxylation is 1. The molecule has 0 spiro atoms. The van der Waals surface area contributed by atoms with Crippen LogP contribution in [0.5, 0.6) is 0 Å². The Balaban J connectivity index is 2.65. The molecule has 1 unspecified atom stereocenters. The van der Waals surface area contributed by atoms with Gasteiger partial charge in [-0.25, -0.2) is 13.2 Å². The molecule has 1 N–H and O–H groups in total. The lowest BCUT2D eigenvalue weighted by atomic mass is 10.1. The maximum absolute atomic E-state index is 12.4. The van der Waals surface area contributed by atoms with Gasteiger partial charge in [-0.15, -0.1) is 0 Å². The predicted octanol–water partition coefficient (Wildman–Crippen LogP) is 1.99. The lowest BCUT2D eigenvalue weighted by molar-refractivity contribution is -0.132. The third-order valence-electron chi connectivity index (χ3n) is 3.96. The first-order chi connectivity index (χ1) is 11.2. The van der Waals surface area contributed by atoms with Crippen molar-refractivity contribution in [1.82, 2.24) is 4.90 Å². The van der Waals surface area contributed by atoms with Gasteiger partial charge < -0.3 is 10.0 Å². The molecule has 0 bridgehead atoms. The fourth-order valence-electron chi connectivity index (χ4n) is 2.52. The summed E-state index contributed by atoms with van der Waals surface area (Å²) >= 11 is 0. The van der Waals surface area contributed by atoms with E-state index in [9.17, 15) is 18.0 Å². The van der Waals surface area contributed by atoms with Crippen LogP contribution >= 0.6 is 0 Å². The van der Waals surface area contributed by atoms with Crippen molar-refractivity contribution in [2.75, 3.05) is 18.1 Å². The van der Waals surface area contributed by atoms with Crippen molar-refractivity contribution in [2.45, 2.75) is 39.7 Å². The summed E-state index contributed by atoms with van der Waals surface area (Å²) in [6.45, 7) is 5.63. The van der Waals surface area contributed by atoms with Gasteiger partial charge in [0.2, 0.25) is 5.91 Å². The molecule has 0 saturated carbocycles. The van der Waals surface area contributed by atoms with Gasteiger partial charge in [-0.1, -0.05) is 19.1 Å². The monoisotopic (exact) mass is 355 g/mol. The van der Waals surface area contributed by atoms with Crippen LogP contribution in [-0.2, 0) is 21.1 Å². The van der Waals surface area contributed by atoms with Crippen molar-refractivity contribution in [1.29, 1.82) is 0 Å². The maximum atomic E-state index is 12.4. The second-order valence-corrected chi connectivity index (χ2v) is 8.13. The quantitative estimate of drug-likeness (QED) is 0.731. The zero-order chi connectivity index (χ0) is 18.3. The number of hydrogen-bond acceptors (Lipinski definition) is 4. The summed E-state index contributed by atoms with van der Waals surface area (Å²) in [4.78, 5) is 24.8. The van der Waals surface area contributed by atoms with E-state index in [0.717, 1.165) is 5.56 Å². The molecule has 1 aromatic rings. The molecule has 7 heteroatoms. The molecule has 0 aliphatic heterocycles. The minimum Gasteiger partial charge on any atom is -0.478 e. The normalized spacial score (nSPS) is 12.6. The maximum Gasteiger partial charge on any atom is 0.335 e. The highest BCUT2D eigenvalue weighted by Gasteiger charge is 2.22. The molecule has 0 heterocycles. The summed E-state index contributed by atoms with van der Waals surface area (Å²) in [6.07, 6.45) is 0.749. The average molecular weight is 355 g/mol. The second kappa shape index (κ2) is 8.82. The molecule has 24 heavy (non-hydrogen) atoms. The number of carboxylic acids is 1. The minimum atomic E-state index is -3.14. The number of rotatable bonds is 9. The smallest absolute Gasteiger partial charge is 0.335 e. The molecular formula is C17H25NO5S. The SMILES string of the molecule is CCN(C(=O)CCc1ccc(C(=O)O)cc1)C(C)CS(=O)(=O)CC. The molecule has 0 radical (unpaired) electrons. The van der Waals surface area contributed by atoms with Crippen molar-refractivity contribution < 1.29 is 23.1 Å². The molecule has 0 aromatic heterocycles. The van der Waals surface area contributed by atoms with Gasteiger partial charge in [0, 0.05) is 24.8 Å². The van der Waals surface area contributed by atoms with Crippen LogP contribution in [0.25, 0.3) is 0 Å². The van der Waals surface area contributed by atoms with Gasteiger partial charge >= 0.3 is 5.97 Å². The van der Waals surface area contributed by atoms with Crippen molar-refractivity contribution in [3.05, 3.63) is 35.4 Å². The molecule has 0 fully saturated rings. The third kappa shape index (κ3) is 5.96. The molecule has 0 aliphatic carbocycles. The molecule has 0 aliphatic rings. The number of aromatic carboxylic acids is 1. The number of amides is 1. The number of carbonyl (C=O) groups is 2. The van der Waals surface area contributed by atoms with E-state index in [2.05, 4.69) is 0 Å². The molecule has 134 valence electrons. The first-order valence-electron chi connectivity index (χ1n) is 8.02. The zero-order valence-electron chi connectivity index (χ0n) is 14.4. The lowest BCUT2D eigenvalue weighted by Gasteiger charge is -2.28. The largest absolute Gasteiger partial charge is 0.478 e. The van der Waals surface area contributed by atoms with Gasteiger partial charge in [-0.2, -0.15) is 0 Å². The lowest BCUT2D eigenvalue weighted by Crippen LogP contribution is -2.42. The molecule has 1 aromatic carbocycles. The van der Waals surface area contributed by atoms with Crippen molar-refractivity contribution >= 4 is 21.7 Å². The minimum absolute atomic E-state index is 0.0314. The van der Waals surface area contributed by atoms with Crippen molar-refractivity contribution in [3.8, 4) is 0 Å². The summed E-state index contributed by atoms with van der Waals surface area (Å²) in [5, 5.41) is 8.86. The zero-order valence-corrected chi connectivity index (χ0v) is 15.2. The number of hydrogen-bond donors (Lipinski definition) is 1. The number of nitrogens with zero attached hydrogens (tertiary/aromatic N) is 1.